The average Bonchev–Trinajstić information content (AvgIpc) is 2.88. The van der Waals surface area contributed by atoms with Gasteiger partial charge in [-0.2, -0.15) is 0 Å². The monoisotopic (exact) mass is 269 g/mol. The van der Waals surface area contributed by atoms with E-state index in [2.05, 4.69) is 41.1 Å². The molecule has 0 aliphatic heterocycles. The first-order valence-corrected chi connectivity index (χ1v) is 6.97. The molecule has 0 saturated heterocycles. The van der Waals surface area contributed by atoms with Crippen LogP contribution in [0.25, 0.3) is 10.2 Å². The molecule has 1 heterocycles. The molecule has 0 spiro atoms. The Balaban J connectivity index is 2.14. The van der Waals surface area contributed by atoms with Gasteiger partial charge in [-0.25, -0.2) is 4.98 Å². The van der Waals surface area contributed by atoms with E-state index in [1.165, 1.54) is 5.56 Å². The number of fused-ring (bicyclic) bond motifs is 1. The van der Waals surface area contributed by atoms with Crippen molar-refractivity contribution in [3.63, 3.8) is 0 Å². The molecule has 2 N–H and O–H groups in total. The highest BCUT2D eigenvalue weighted by atomic mass is 32.1. The number of nitrogens with zero attached hydrogens (tertiary/aromatic N) is 2. The van der Waals surface area contributed by atoms with E-state index in [0.717, 1.165) is 27.3 Å². The molecule has 4 heteroatoms. The normalized spacial score (nSPS) is 10.8. The number of hydrogen-bond acceptors (Lipinski definition) is 4. The molecule has 3 rings (SSSR count). The van der Waals surface area contributed by atoms with Gasteiger partial charge in [0, 0.05) is 12.7 Å². The average molecular weight is 269 g/mol. The highest BCUT2D eigenvalue weighted by molar-refractivity contribution is 7.16. The van der Waals surface area contributed by atoms with Gasteiger partial charge in [0.2, 0.25) is 0 Å². The Morgan fingerprint density at radius 3 is 2.68 bits per heavy atom. The fourth-order valence-corrected chi connectivity index (χ4v) is 3.00. The number of nitrogens with two attached hydrogens (primary N) is 1. The molecule has 0 unspecified atom stereocenters. The number of rotatable bonds is 2. The minimum absolute atomic E-state index is 0.740. The van der Waals surface area contributed by atoms with Crippen molar-refractivity contribution in [3.05, 3.63) is 47.5 Å². The second-order valence-corrected chi connectivity index (χ2v) is 5.43. The zero-order valence-corrected chi connectivity index (χ0v) is 11.7. The molecule has 0 bridgehead atoms. The summed E-state index contributed by atoms with van der Waals surface area (Å²) in [5.41, 5.74) is 13.1. The van der Waals surface area contributed by atoms with Crippen LogP contribution in [-0.2, 0) is 0 Å². The van der Waals surface area contributed by atoms with E-state index in [9.17, 15) is 0 Å². The maximum Gasteiger partial charge on any atom is 0.106 e. The van der Waals surface area contributed by atoms with Gasteiger partial charge in [0.05, 0.1) is 21.6 Å². The van der Waals surface area contributed by atoms with Crippen molar-refractivity contribution in [2.24, 2.45) is 0 Å². The van der Waals surface area contributed by atoms with Gasteiger partial charge < -0.3 is 10.6 Å². The van der Waals surface area contributed by atoms with Gasteiger partial charge in [0.15, 0.2) is 0 Å². The van der Waals surface area contributed by atoms with Crippen molar-refractivity contribution in [1.29, 1.82) is 0 Å². The standard InChI is InChI=1S/C15H15N3S/c1-10-5-3-4-6-11(10)18(2)12-7-8-13-15(14(12)16)17-9-19-13/h3-9H,16H2,1-2H3. The molecule has 0 aliphatic carbocycles. The van der Waals surface area contributed by atoms with E-state index < -0.39 is 0 Å². The Morgan fingerprint density at radius 2 is 1.89 bits per heavy atom. The summed E-state index contributed by atoms with van der Waals surface area (Å²) in [7, 11) is 2.03. The summed E-state index contributed by atoms with van der Waals surface area (Å²) >= 11 is 1.61. The van der Waals surface area contributed by atoms with E-state index in [-0.39, 0.29) is 0 Å². The van der Waals surface area contributed by atoms with E-state index in [1.807, 2.05) is 24.7 Å². The number of nitrogen functional groups attached to an aromatic ring is 1. The van der Waals surface area contributed by atoms with Crippen molar-refractivity contribution in [2.45, 2.75) is 6.92 Å². The van der Waals surface area contributed by atoms with E-state index >= 15 is 0 Å². The molecule has 0 aliphatic rings. The second kappa shape index (κ2) is 4.55. The van der Waals surface area contributed by atoms with Gasteiger partial charge in [-0.1, -0.05) is 18.2 Å². The Hall–Kier alpha value is -2.07. The molecule has 0 amide bonds. The second-order valence-electron chi connectivity index (χ2n) is 4.54. The molecular formula is C15H15N3S. The summed E-state index contributed by atoms with van der Waals surface area (Å²) in [4.78, 5) is 6.46. The van der Waals surface area contributed by atoms with Gasteiger partial charge in [-0.3, -0.25) is 0 Å². The number of thiazole rings is 1. The van der Waals surface area contributed by atoms with Crippen molar-refractivity contribution in [1.82, 2.24) is 4.98 Å². The van der Waals surface area contributed by atoms with Gasteiger partial charge >= 0.3 is 0 Å². The molecule has 3 nitrogen and oxygen atoms in total. The zero-order valence-electron chi connectivity index (χ0n) is 10.9. The molecule has 0 atom stereocenters. The molecule has 2 aromatic carbocycles. The number of para-hydroxylation sites is 1. The van der Waals surface area contributed by atoms with Crippen LogP contribution in [0.1, 0.15) is 5.56 Å². The molecule has 0 radical (unpaired) electrons. The van der Waals surface area contributed by atoms with Crippen LogP contribution < -0.4 is 10.6 Å². The van der Waals surface area contributed by atoms with Crippen molar-refractivity contribution >= 4 is 38.6 Å². The third-order valence-corrected chi connectivity index (χ3v) is 4.15. The Morgan fingerprint density at radius 1 is 1.11 bits per heavy atom. The van der Waals surface area contributed by atoms with Gasteiger partial charge in [0.25, 0.3) is 0 Å². The first-order chi connectivity index (χ1) is 9.18. The lowest BCUT2D eigenvalue weighted by Crippen LogP contribution is -2.12. The van der Waals surface area contributed by atoms with Crippen molar-refractivity contribution in [3.8, 4) is 0 Å². The van der Waals surface area contributed by atoms with Crippen LogP contribution in [0.5, 0.6) is 0 Å². The maximum atomic E-state index is 6.25. The van der Waals surface area contributed by atoms with E-state index in [0.29, 0.717) is 0 Å². The van der Waals surface area contributed by atoms with Crippen LogP contribution >= 0.6 is 11.3 Å². The first-order valence-electron chi connectivity index (χ1n) is 6.09. The van der Waals surface area contributed by atoms with Crippen molar-refractivity contribution < 1.29 is 0 Å². The van der Waals surface area contributed by atoms with Gasteiger partial charge in [-0.05, 0) is 30.7 Å². The topological polar surface area (TPSA) is 42.2 Å². The highest BCUT2D eigenvalue weighted by Crippen LogP contribution is 2.36. The fourth-order valence-electron chi connectivity index (χ4n) is 2.30. The molecule has 3 aromatic rings. The van der Waals surface area contributed by atoms with E-state index in [4.69, 9.17) is 5.73 Å². The van der Waals surface area contributed by atoms with Crippen LogP contribution in [0.2, 0.25) is 0 Å². The number of benzene rings is 2. The minimum atomic E-state index is 0.740. The largest absolute Gasteiger partial charge is 0.395 e. The Bertz CT molecular complexity index is 733. The van der Waals surface area contributed by atoms with Crippen molar-refractivity contribution in [2.75, 3.05) is 17.7 Å². The predicted molar refractivity (Wildman–Crippen MR) is 83.3 cm³/mol. The number of aromatic nitrogens is 1. The Kier molecular flexibility index (Phi) is 2.87. The maximum absolute atomic E-state index is 6.25. The highest BCUT2D eigenvalue weighted by Gasteiger charge is 2.13. The first kappa shape index (κ1) is 12.0. The molecule has 1 aromatic heterocycles. The summed E-state index contributed by atoms with van der Waals surface area (Å²) in [5.74, 6) is 0. The summed E-state index contributed by atoms with van der Waals surface area (Å²) in [6.45, 7) is 2.10. The van der Waals surface area contributed by atoms with Crippen LogP contribution in [0.15, 0.2) is 41.9 Å². The molecule has 96 valence electrons. The summed E-state index contributed by atoms with van der Waals surface area (Å²) in [6, 6.07) is 12.4. The third kappa shape index (κ3) is 1.94. The third-order valence-electron chi connectivity index (χ3n) is 3.36. The van der Waals surface area contributed by atoms with Crippen LogP contribution in [0, 0.1) is 6.92 Å². The molecular weight excluding hydrogens is 254 g/mol. The lowest BCUT2D eigenvalue weighted by Gasteiger charge is -2.23. The lowest BCUT2D eigenvalue weighted by atomic mass is 10.1. The summed E-state index contributed by atoms with van der Waals surface area (Å²) in [5, 5.41) is 0. The smallest absolute Gasteiger partial charge is 0.106 e. The number of aryl methyl sites for hydroxylation is 1. The Labute approximate surface area is 116 Å². The fraction of sp³-hybridized carbons (Fsp3) is 0.133. The van der Waals surface area contributed by atoms with E-state index in [1.54, 1.807) is 11.3 Å². The number of anilines is 3. The van der Waals surface area contributed by atoms with Crippen LogP contribution in [0.3, 0.4) is 0 Å². The van der Waals surface area contributed by atoms with Gasteiger partial charge in [0.1, 0.15) is 5.52 Å². The summed E-state index contributed by atoms with van der Waals surface area (Å²) < 4.78 is 1.12. The molecule has 0 fully saturated rings. The minimum Gasteiger partial charge on any atom is -0.395 e. The SMILES string of the molecule is Cc1ccccc1N(C)c1ccc2scnc2c1N. The predicted octanol–water partition coefficient (Wildman–Crippen LogP) is 3.95. The summed E-state index contributed by atoms with van der Waals surface area (Å²) in [6.07, 6.45) is 0. The van der Waals surface area contributed by atoms with Crippen LogP contribution in [0.4, 0.5) is 17.1 Å². The molecule has 19 heavy (non-hydrogen) atoms. The zero-order chi connectivity index (χ0) is 13.4. The number of hydrogen-bond donors (Lipinski definition) is 1. The quantitative estimate of drug-likeness (QED) is 0.716. The lowest BCUT2D eigenvalue weighted by molar-refractivity contribution is 1.19. The van der Waals surface area contributed by atoms with Crippen LogP contribution in [-0.4, -0.2) is 12.0 Å². The van der Waals surface area contributed by atoms with Gasteiger partial charge in [-0.15, -0.1) is 11.3 Å². The molecule has 0 saturated carbocycles.